The summed E-state index contributed by atoms with van der Waals surface area (Å²) in [7, 11) is 0. The van der Waals surface area contributed by atoms with Crippen molar-refractivity contribution in [1.82, 2.24) is 14.5 Å². The van der Waals surface area contributed by atoms with E-state index < -0.39 is 17.6 Å². The molecule has 126 valence electrons. The second-order valence-corrected chi connectivity index (χ2v) is 6.84. The summed E-state index contributed by atoms with van der Waals surface area (Å²) in [4.78, 5) is 20.5. The predicted molar refractivity (Wildman–Crippen MR) is 91.3 cm³/mol. The van der Waals surface area contributed by atoms with Crippen molar-refractivity contribution in [2.24, 2.45) is 0 Å². The molecule has 0 saturated heterocycles. The standard InChI is InChI=1S/C16H8F3N3OS2/c17-16(18,19)14-20-10-6-7-24-12(10)13(23)22(14)15-21-11(8-25-15)9-4-2-1-3-5-9/h1-8H. The molecule has 4 aromatic rings. The van der Waals surface area contributed by atoms with Crippen LogP contribution in [0.3, 0.4) is 0 Å². The summed E-state index contributed by atoms with van der Waals surface area (Å²) in [5.74, 6) is -1.27. The minimum Gasteiger partial charge on any atom is -0.267 e. The molecule has 0 aliphatic rings. The maximum absolute atomic E-state index is 13.4. The van der Waals surface area contributed by atoms with Gasteiger partial charge in [0.25, 0.3) is 5.56 Å². The van der Waals surface area contributed by atoms with Gasteiger partial charge in [-0.25, -0.2) is 14.5 Å². The molecule has 4 rings (SSSR count). The van der Waals surface area contributed by atoms with Crippen LogP contribution in [0.15, 0.2) is 52.0 Å². The second kappa shape index (κ2) is 5.78. The zero-order valence-corrected chi connectivity index (χ0v) is 14.0. The molecule has 0 amide bonds. The van der Waals surface area contributed by atoms with E-state index >= 15 is 0 Å². The summed E-state index contributed by atoms with van der Waals surface area (Å²) in [5.41, 5.74) is 0.545. The van der Waals surface area contributed by atoms with Gasteiger partial charge in [-0.05, 0) is 11.4 Å². The zero-order chi connectivity index (χ0) is 17.6. The fraction of sp³-hybridized carbons (Fsp3) is 0.0625. The fourth-order valence-corrected chi connectivity index (χ4v) is 3.98. The van der Waals surface area contributed by atoms with Gasteiger partial charge >= 0.3 is 6.18 Å². The monoisotopic (exact) mass is 379 g/mol. The van der Waals surface area contributed by atoms with Crippen molar-refractivity contribution in [3.8, 4) is 16.4 Å². The van der Waals surface area contributed by atoms with Crippen molar-refractivity contribution in [2.45, 2.75) is 6.18 Å². The average Bonchev–Trinajstić information content (AvgIpc) is 3.24. The lowest BCUT2D eigenvalue weighted by molar-refractivity contribution is -0.146. The highest BCUT2D eigenvalue weighted by Crippen LogP contribution is 2.32. The average molecular weight is 379 g/mol. The minimum absolute atomic E-state index is 0.0402. The Kier molecular flexibility index (Phi) is 3.69. The number of fused-ring (bicyclic) bond motifs is 1. The Balaban J connectivity index is 1.96. The smallest absolute Gasteiger partial charge is 0.267 e. The van der Waals surface area contributed by atoms with Crippen molar-refractivity contribution in [3.63, 3.8) is 0 Å². The van der Waals surface area contributed by atoms with E-state index in [0.29, 0.717) is 10.3 Å². The molecule has 0 aliphatic carbocycles. The number of rotatable bonds is 2. The zero-order valence-electron chi connectivity index (χ0n) is 12.3. The van der Waals surface area contributed by atoms with E-state index in [9.17, 15) is 18.0 Å². The molecular weight excluding hydrogens is 371 g/mol. The molecule has 0 radical (unpaired) electrons. The van der Waals surface area contributed by atoms with Gasteiger partial charge in [0.15, 0.2) is 5.13 Å². The van der Waals surface area contributed by atoms with Gasteiger partial charge in [-0.2, -0.15) is 13.2 Å². The van der Waals surface area contributed by atoms with Crippen molar-refractivity contribution < 1.29 is 13.2 Å². The SMILES string of the molecule is O=c1c2sccc2nc(C(F)(F)F)n1-c1nc(-c2ccccc2)cs1. The van der Waals surface area contributed by atoms with E-state index in [1.165, 1.54) is 6.07 Å². The van der Waals surface area contributed by atoms with Crippen LogP contribution in [0, 0.1) is 0 Å². The molecule has 25 heavy (non-hydrogen) atoms. The van der Waals surface area contributed by atoms with Crippen LogP contribution in [0.1, 0.15) is 5.82 Å². The number of nitrogens with zero attached hydrogens (tertiary/aromatic N) is 3. The third-order valence-electron chi connectivity index (χ3n) is 3.49. The lowest BCUT2D eigenvalue weighted by Crippen LogP contribution is -2.28. The fourth-order valence-electron chi connectivity index (χ4n) is 2.39. The molecule has 0 spiro atoms. The summed E-state index contributed by atoms with van der Waals surface area (Å²) >= 11 is 2.03. The van der Waals surface area contributed by atoms with E-state index in [1.807, 2.05) is 6.07 Å². The second-order valence-electron chi connectivity index (χ2n) is 5.09. The molecule has 3 aromatic heterocycles. The first-order valence-corrected chi connectivity index (χ1v) is 8.80. The van der Waals surface area contributed by atoms with Crippen molar-refractivity contribution in [2.75, 3.05) is 0 Å². The van der Waals surface area contributed by atoms with Gasteiger partial charge in [0.05, 0.1) is 11.2 Å². The molecule has 4 nitrogen and oxygen atoms in total. The molecule has 0 N–H and O–H groups in total. The Morgan fingerprint density at radius 3 is 2.48 bits per heavy atom. The van der Waals surface area contributed by atoms with Crippen LogP contribution in [-0.4, -0.2) is 14.5 Å². The summed E-state index contributed by atoms with van der Waals surface area (Å²) in [6.07, 6.45) is -4.77. The van der Waals surface area contributed by atoms with Crippen LogP contribution in [0.25, 0.3) is 26.6 Å². The number of alkyl halides is 3. The lowest BCUT2D eigenvalue weighted by atomic mass is 10.2. The van der Waals surface area contributed by atoms with Crippen molar-refractivity contribution in [1.29, 1.82) is 0 Å². The highest BCUT2D eigenvalue weighted by atomic mass is 32.1. The van der Waals surface area contributed by atoms with Gasteiger partial charge in [-0.1, -0.05) is 30.3 Å². The lowest BCUT2D eigenvalue weighted by Gasteiger charge is -2.12. The first kappa shape index (κ1) is 16.0. The Labute approximate surface area is 146 Å². The summed E-state index contributed by atoms with van der Waals surface area (Å²) in [6, 6.07) is 10.4. The highest BCUT2D eigenvalue weighted by molar-refractivity contribution is 7.17. The van der Waals surface area contributed by atoms with Gasteiger partial charge in [-0.15, -0.1) is 22.7 Å². The van der Waals surface area contributed by atoms with Crippen LogP contribution in [-0.2, 0) is 6.18 Å². The summed E-state index contributed by atoms with van der Waals surface area (Å²) < 4.78 is 41.0. The Hall–Kier alpha value is -2.52. The number of hydrogen-bond donors (Lipinski definition) is 0. The highest BCUT2D eigenvalue weighted by Gasteiger charge is 2.38. The Morgan fingerprint density at radius 1 is 1.00 bits per heavy atom. The van der Waals surface area contributed by atoms with Crippen LogP contribution < -0.4 is 5.56 Å². The van der Waals surface area contributed by atoms with Gasteiger partial charge in [0.1, 0.15) is 4.70 Å². The largest absolute Gasteiger partial charge is 0.450 e. The molecular formula is C16H8F3N3OS2. The number of thiophene rings is 1. The van der Waals surface area contributed by atoms with Crippen LogP contribution in [0.5, 0.6) is 0 Å². The van der Waals surface area contributed by atoms with E-state index in [-0.39, 0.29) is 15.3 Å². The Morgan fingerprint density at radius 2 is 1.76 bits per heavy atom. The number of halogens is 3. The van der Waals surface area contributed by atoms with Crippen LogP contribution >= 0.6 is 22.7 Å². The molecule has 1 aromatic carbocycles. The number of thiazole rings is 1. The van der Waals surface area contributed by atoms with Crippen LogP contribution in [0.4, 0.5) is 13.2 Å². The van der Waals surface area contributed by atoms with E-state index in [0.717, 1.165) is 28.2 Å². The van der Waals surface area contributed by atoms with E-state index in [2.05, 4.69) is 9.97 Å². The molecule has 0 unspecified atom stereocenters. The minimum atomic E-state index is -4.77. The molecule has 9 heteroatoms. The van der Waals surface area contributed by atoms with Gasteiger partial charge in [0.2, 0.25) is 5.82 Å². The molecule has 3 heterocycles. The topological polar surface area (TPSA) is 47.8 Å². The van der Waals surface area contributed by atoms with E-state index in [1.54, 1.807) is 35.0 Å². The molecule has 0 bridgehead atoms. The summed E-state index contributed by atoms with van der Waals surface area (Å²) in [5, 5.41) is 3.11. The number of aromatic nitrogens is 3. The maximum atomic E-state index is 13.4. The van der Waals surface area contributed by atoms with E-state index in [4.69, 9.17) is 0 Å². The normalized spacial score (nSPS) is 12.0. The van der Waals surface area contributed by atoms with Crippen LogP contribution in [0.2, 0.25) is 0 Å². The van der Waals surface area contributed by atoms with Crippen molar-refractivity contribution >= 4 is 32.9 Å². The third kappa shape index (κ3) is 2.75. The third-order valence-corrected chi connectivity index (χ3v) is 5.20. The summed E-state index contributed by atoms with van der Waals surface area (Å²) in [6.45, 7) is 0. The predicted octanol–water partition coefficient (Wildman–Crippen LogP) is 4.59. The first-order chi connectivity index (χ1) is 11.9. The number of hydrogen-bond acceptors (Lipinski definition) is 5. The molecule has 0 fully saturated rings. The number of benzene rings is 1. The maximum Gasteiger partial charge on any atom is 0.450 e. The quantitative estimate of drug-likeness (QED) is 0.512. The van der Waals surface area contributed by atoms with Crippen molar-refractivity contribution in [3.05, 3.63) is 63.3 Å². The molecule has 0 atom stereocenters. The molecule has 0 aliphatic heterocycles. The van der Waals surface area contributed by atoms with Gasteiger partial charge < -0.3 is 0 Å². The Bertz CT molecular complexity index is 1110. The van der Waals surface area contributed by atoms with Gasteiger partial charge in [0, 0.05) is 10.9 Å². The van der Waals surface area contributed by atoms with Gasteiger partial charge in [-0.3, -0.25) is 4.79 Å². The first-order valence-electron chi connectivity index (χ1n) is 7.04. The molecule has 0 saturated carbocycles.